The monoisotopic (exact) mass is 206 g/mol. The average Bonchev–Trinajstić information content (AvgIpc) is 2.17. The number of hydrogen-bond acceptors (Lipinski definition) is 1. The zero-order valence-electron chi connectivity index (χ0n) is 10.3. The van der Waals surface area contributed by atoms with Crippen LogP contribution in [0.25, 0.3) is 0 Å². The number of allylic oxidation sites excluding steroid dienone is 4. The van der Waals surface area contributed by atoms with E-state index in [0.717, 1.165) is 19.3 Å². The van der Waals surface area contributed by atoms with Gasteiger partial charge in [-0.3, -0.25) is 4.79 Å². The molecule has 0 saturated carbocycles. The second-order valence-electron chi connectivity index (χ2n) is 4.77. The fourth-order valence-electron chi connectivity index (χ4n) is 2.36. The van der Waals surface area contributed by atoms with Gasteiger partial charge in [0, 0.05) is 5.92 Å². The lowest BCUT2D eigenvalue weighted by Crippen LogP contribution is -2.24. The molecule has 1 rings (SSSR count). The van der Waals surface area contributed by atoms with E-state index in [1.165, 1.54) is 11.1 Å². The van der Waals surface area contributed by atoms with E-state index in [2.05, 4.69) is 32.9 Å². The van der Waals surface area contributed by atoms with Gasteiger partial charge in [-0.25, -0.2) is 0 Å². The van der Waals surface area contributed by atoms with Crippen LogP contribution in [0.4, 0.5) is 0 Å². The molecule has 0 heterocycles. The summed E-state index contributed by atoms with van der Waals surface area (Å²) in [6.45, 7) is 8.12. The highest BCUT2D eigenvalue weighted by Gasteiger charge is 2.26. The van der Waals surface area contributed by atoms with Crippen LogP contribution in [0.1, 0.15) is 47.0 Å². The van der Waals surface area contributed by atoms with Crippen LogP contribution in [-0.4, -0.2) is 5.78 Å². The van der Waals surface area contributed by atoms with Crippen LogP contribution in [-0.2, 0) is 4.79 Å². The van der Waals surface area contributed by atoms with Crippen molar-refractivity contribution in [3.8, 4) is 0 Å². The van der Waals surface area contributed by atoms with Gasteiger partial charge in [0.1, 0.15) is 5.78 Å². The van der Waals surface area contributed by atoms with Gasteiger partial charge >= 0.3 is 0 Å². The molecule has 0 aromatic carbocycles. The Kier molecular flexibility index (Phi) is 4.31. The molecule has 1 nitrogen and oxygen atoms in total. The molecule has 0 spiro atoms. The number of Topliss-reactive ketones (excluding diaryl/α,β-unsaturated/α-hetero) is 1. The summed E-state index contributed by atoms with van der Waals surface area (Å²) in [6.07, 6.45) is 7.63. The minimum absolute atomic E-state index is 0.253. The number of carbonyl (C=O) groups is 1. The molecule has 15 heavy (non-hydrogen) atoms. The molecule has 0 radical (unpaired) electrons. The van der Waals surface area contributed by atoms with E-state index < -0.39 is 0 Å². The third-order valence-corrected chi connectivity index (χ3v) is 3.44. The van der Waals surface area contributed by atoms with Crippen molar-refractivity contribution in [3.63, 3.8) is 0 Å². The number of ketones is 1. The molecule has 0 amide bonds. The molecule has 84 valence electrons. The van der Waals surface area contributed by atoms with E-state index in [4.69, 9.17) is 0 Å². The van der Waals surface area contributed by atoms with Gasteiger partial charge in [0.2, 0.25) is 0 Å². The van der Waals surface area contributed by atoms with Crippen LogP contribution in [0.15, 0.2) is 23.3 Å². The highest BCUT2D eigenvalue weighted by atomic mass is 16.1. The number of rotatable bonds is 3. The van der Waals surface area contributed by atoms with Gasteiger partial charge in [-0.05, 0) is 52.9 Å². The minimum atomic E-state index is 0.253. The molecular formula is C14H22O. The summed E-state index contributed by atoms with van der Waals surface area (Å²) in [4.78, 5) is 11.5. The van der Waals surface area contributed by atoms with Crippen molar-refractivity contribution in [1.82, 2.24) is 0 Å². The van der Waals surface area contributed by atoms with Gasteiger partial charge in [0.05, 0.1) is 0 Å². The molecule has 1 aliphatic carbocycles. The molecule has 0 aliphatic heterocycles. The molecule has 0 N–H and O–H groups in total. The molecule has 1 aliphatic rings. The van der Waals surface area contributed by atoms with Crippen LogP contribution in [0, 0.1) is 11.8 Å². The van der Waals surface area contributed by atoms with Crippen molar-refractivity contribution in [1.29, 1.82) is 0 Å². The number of carbonyl (C=O) groups excluding carboxylic acids is 1. The van der Waals surface area contributed by atoms with Crippen LogP contribution < -0.4 is 0 Å². The smallest absolute Gasteiger partial charge is 0.133 e. The molecule has 0 saturated heterocycles. The van der Waals surface area contributed by atoms with Crippen molar-refractivity contribution in [2.45, 2.75) is 47.0 Å². The summed E-state index contributed by atoms with van der Waals surface area (Å²) in [5.74, 6) is 1.05. The Hall–Kier alpha value is -0.850. The van der Waals surface area contributed by atoms with E-state index in [0.29, 0.717) is 11.7 Å². The third kappa shape index (κ3) is 3.33. The van der Waals surface area contributed by atoms with Gasteiger partial charge in [-0.1, -0.05) is 23.3 Å². The molecule has 2 unspecified atom stereocenters. The summed E-state index contributed by atoms with van der Waals surface area (Å²) >= 11 is 0. The quantitative estimate of drug-likeness (QED) is 0.640. The molecule has 0 aromatic rings. The first-order valence-electron chi connectivity index (χ1n) is 5.84. The Morgan fingerprint density at radius 2 is 2.20 bits per heavy atom. The largest absolute Gasteiger partial charge is 0.300 e. The summed E-state index contributed by atoms with van der Waals surface area (Å²) in [5, 5.41) is 0. The predicted octanol–water partition coefficient (Wildman–Crippen LogP) is 3.90. The summed E-state index contributed by atoms with van der Waals surface area (Å²) in [6, 6.07) is 0. The molecule has 1 heteroatoms. The van der Waals surface area contributed by atoms with Gasteiger partial charge in [0.15, 0.2) is 0 Å². The van der Waals surface area contributed by atoms with Crippen LogP contribution in [0.5, 0.6) is 0 Å². The maximum Gasteiger partial charge on any atom is 0.133 e. The maximum absolute atomic E-state index is 11.5. The molecule has 2 atom stereocenters. The third-order valence-electron chi connectivity index (χ3n) is 3.44. The lowest BCUT2D eigenvalue weighted by atomic mass is 9.76. The van der Waals surface area contributed by atoms with Crippen molar-refractivity contribution in [3.05, 3.63) is 23.3 Å². The first-order chi connectivity index (χ1) is 7.04. The first kappa shape index (κ1) is 12.2. The maximum atomic E-state index is 11.5. The van der Waals surface area contributed by atoms with Crippen LogP contribution in [0.2, 0.25) is 0 Å². The fourth-order valence-corrected chi connectivity index (χ4v) is 2.36. The average molecular weight is 206 g/mol. The Labute approximate surface area is 93.3 Å². The van der Waals surface area contributed by atoms with E-state index >= 15 is 0 Å². The molecule has 0 bridgehead atoms. The van der Waals surface area contributed by atoms with Gasteiger partial charge < -0.3 is 0 Å². The van der Waals surface area contributed by atoms with Crippen molar-refractivity contribution >= 4 is 5.78 Å². The summed E-state index contributed by atoms with van der Waals surface area (Å²) in [7, 11) is 0. The summed E-state index contributed by atoms with van der Waals surface area (Å²) in [5.41, 5.74) is 2.83. The summed E-state index contributed by atoms with van der Waals surface area (Å²) < 4.78 is 0. The normalized spacial score (nSPS) is 27.5. The second kappa shape index (κ2) is 5.29. The van der Waals surface area contributed by atoms with Crippen molar-refractivity contribution < 1.29 is 4.79 Å². The van der Waals surface area contributed by atoms with Gasteiger partial charge in [0.25, 0.3) is 0 Å². The Morgan fingerprint density at radius 3 is 2.73 bits per heavy atom. The van der Waals surface area contributed by atoms with Crippen LogP contribution in [0.3, 0.4) is 0 Å². The zero-order chi connectivity index (χ0) is 11.4. The second-order valence-corrected chi connectivity index (χ2v) is 4.77. The highest BCUT2D eigenvalue weighted by molar-refractivity contribution is 5.79. The minimum Gasteiger partial charge on any atom is -0.300 e. The Balaban J connectivity index is 2.78. The van der Waals surface area contributed by atoms with Gasteiger partial charge in [-0.15, -0.1) is 0 Å². The van der Waals surface area contributed by atoms with Gasteiger partial charge in [-0.2, -0.15) is 0 Å². The lowest BCUT2D eigenvalue weighted by Gasteiger charge is -2.28. The standard InChI is InChI=1S/C14H22O/c1-5-10(2)8-13-9-11(3)6-7-14(13)12(4)15/h5,9,13-14H,6-8H2,1-4H3. The predicted molar refractivity (Wildman–Crippen MR) is 64.7 cm³/mol. The molecule has 0 aromatic heterocycles. The van der Waals surface area contributed by atoms with E-state index in [1.807, 2.05) is 0 Å². The molecular weight excluding hydrogens is 184 g/mol. The van der Waals surface area contributed by atoms with E-state index in [-0.39, 0.29) is 5.92 Å². The van der Waals surface area contributed by atoms with Crippen molar-refractivity contribution in [2.75, 3.05) is 0 Å². The highest BCUT2D eigenvalue weighted by Crippen LogP contribution is 2.33. The number of hydrogen-bond donors (Lipinski definition) is 0. The lowest BCUT2D eigenvalue weighted by molar-refractivity contribution is -0.122. The van der Waals surface area contributed by atoms with Crippen molar-refractivity contribution in [2.24, 2.45) is 11.8 Å². The zero-order valence-corrected chi connectivity index (χ0v) is 10.3. The fraction of sp³-hybridized carbons (Fsp3) is 0.643. The molecule has 0 fully saturated rings. The Morgan fingerprint density at radius 1 is 1.53 bits per heavy atom. The topological polar surface area (TPSA) is 17.1 Å². The Bertz CT molecular complexity index is 296. The SMILES string of the molecule is CC=C(C)CC1C=C(C)CCC1C(C)=O. The van der Waals surface area contributed by atoms with E-state index in [1.54, 1.807) is 6.92 Å². The van der Waals surface area contributed by atoms with Crippen LogP contribution >= 0.6 is 0 Å². The van der Waals surface area contributed by atoms with E-state index in [9.17, 15) is 4.79 Å². The first-order valence-corrected chi connectivity index (χ1v) is 5.84.